The van der Waals surface area contributed by atoms with E-state index in [4.69, 9.17) is 14.2 Å². The molecule has 0 bridgehead atoms. The second-order valence-electron chi connectivity index (χ2n) is 11.2. The lowest BCUT2D eigenvalue weighted by atomic mass is 10.00. The predicted octanol–water partition coefficient (Wildman–Crippen LogP) is 3.84. The number of hydrogen-bond donors (Lipinski definition) is 2. The number of rotatable bonds is 15. The van der Waals surface area contributed by atoms with Crippen LogP contribution < -0.4 is 14.8 Å². The number of sulfonamides is 1. The van der Waals surface area contributed by atoms with Crippen LogP contribution >= 0.6 is 0 Å². The van der Waals surface area contributed by atoms with Crippen molar-refractivity contribution in [1.82, 2.24) is 9.62 Å². The fourth-order valence-electron chi connectivity index (χ4n) is 4.99. The van der Waals surface area contributed by atoms with Crippen molar-refractivity contribution < 1.29 is 32.5 Å². The van der Waals surface area contributed by atoms with Gasteiger partial charge in [-0.15, -0.1) is 0 Å². The smallest absolute Gasteiger partial charge is 0.243 e. The van der Waals surface area contributed by atoms with E-state index in [1.165, 1.54) is 23.5 Å². The number of benzene rings is 3. The molecule has 3 aromatic carbocycles. The molecule has 1 fully saturated rings. The average molecular weight is 611 g/mol. The molecule has 0 spiro atoms. The topological polar surface area (TPSA) is 114 Å². The maximum atomic E-state index is 13.7. The maximum Gasteiger partial charge on any atom is 0.243 e. The molecule has 2 N–H and O–H groups in total. The SMILES string of the molecule is COc1ccc(S(=O)(=O)N(CC(C)C)C[C@@H](O)[C@H](Cc2ccccc2)NC(=O)Cc2ccc(OC3CCOC3)cc2)cc1. The minimum atomic E-state index is -3.93. The largest absolute Gasteiger partial charge is 0.497 e. The highest BCUT2D eigenvalue weighted by atomic mass is 32.2. The molecule has 1 saturated heterocycles. The Hall–Kier alpha value is -3.44. The molecule has 3 aromatic rings. The Morgan fingerprint density at radius 3 is 2.26 bits per heavy atom. The third-order valence-corrected chi connectivity index (χ3v) is 9.09. The van der Waals surface area contributed by atoms with Gasteiger partial charge in [-0.1, -0.05) is 56.3 Å². The molecule has 10 heteroatoms. The van der Waals surface area contributed by atoms with Crippen molar-refractivity contribution in [2.24, 2.45) is 5.92 Å². The van der Waals surface area contributed by atoms with Crippen LogP contribution in [0.25, 0.3) is 0 Å². The monoisotopic (exact) mass is 610 g/mol. The first-order chi connectivity index (χ1) is 20.6. The van der Waals surface area contributed by atoms with Gasteiger partial charge < -0.3 is 24.6 Å². The summed E-state index contributed by atoms with van der Waals surface area (Å²) in [7, 11) is -2.41. The van der Waals surface area contributed by atoms with E-state index < -0.39 is 22.2 Å². The lowest BCUT2D eigenvalue weighted by Gasteiger charge is -2.31. The lowest BCUT2D eigenvalue weighted by molar-refractivity contribution is -0.122. The summed E-state index contributed by atoms with van der Waals surface area (Å²) in [6.07, 6.45) is 0.163. The van der Waals surface area contributed by atoms with Gasteiger partial charge in [0.2, 0.25) is 15.9 Å². The lowest BCUT2D eigenvalue weighted by Crippen LogP contribution is -2.51. The molecule has 0 radical (unpaired) electrons. The Labute approximate surface area is 254 Å². The van der Waals surface area contributed by atoms with Crippen molar-refractivity contribution in [3.05, 3.63) is 90.0 Å². The highest BCUT2D eigenvalue weighted by molar-refractivity contribution is 7.89. The molecule has 1 aliphatic heterocycles. The number of nitrogens with zero attached hydrogens (tertiary/aromatic N) is 1. The molecule has 232 valence electrons. The number of carbonyl (C=O) groups excluding carboxylic acids is 1. The Bertz CT molecular complexity index is 1390. The summed E-state index contributed by atoms with van der Waals surface area (Å²) in [4.78, 5) is 13.3. The molecule has 43 heavy (non-hydrogen) atoms. The number of carbonyl (C=O) groups is 1. The zero-order chi connectivity index (χ0) is 30.8. The van der Waals surface area contributed by atoms with Crippen LogP contribution in [-0.4, -0.2) is 75.4 Å². The van der Waals surface area contributed by atoms with Crippen molar-refractivity contribution in [3.63, 3.8) is 0 Å². The third-order valence-electron chi connectivity index (χ3n) is 7.24. The first kappa shape index (κ1) is 32.5. The van der Waals surface area contributed by atoms with Gasteiger partial charge in [0.1, 0.15) is 17.6 Å². The maximum absolute atomic E-state index is 13.7. The highest BCUT2D eigenvalue weighted by Crippen LogP contribution is 2.22. The van der Waals surface area contributed by atoms with Crippen LogP contribution in [0.2, 0.25) is 0 Å². The van der Waals surface area contributed by atoms with Gasteiger partial charge in [0.15, 0.2) is 0 Å². The van der Waals surface area contributed by atoms with Gasteiger partial charge in [0, 0.05) is 19.5 Å². The number of nitrogens with one attached hydrogen (secondary N) is 1. The zero-order valence-electron chi connectivity index (χ0n) is 25.0. The summed E-state index contributed by atoms with van der Waals surface area (Å²) in [5, 5.41) is 14.4. The van der Waals surface area contributed by atoms with Crippen LogP contribution in [0, 0.1) is 5.92 Å². The Morgan fingerprint density at radius 2 is 1.65 bits per heavy atom. The third kappa shape index (κ3) is 9.53. The van der Waals surface area contributed by atoms with Gasteiger partial charge in [0.25, 0.3) is 0 Å². The predicted molar refractivity (Wildman–Crippen MR) is 165 cm³/mol. The Morgan fingerprint density at radius 1 is 0.977 bits per heavy atom. The number of ether oxygens (including phenoxy) is 3. The van der Waals surface area contributed by atoms with Gasteiger partial charge in [-0.05, 0) is 59.9 Å². The minimum Gasteiger partial charge on any atom is -0.497 e. The van der Waals surface area contributed by atoms with E-state index in [-0.39, 0.29) is 42.3 Å². The van der Waals surface area contributed by atoms with Crippen LogP contribution in [0.4, 0.5) is 0 Å². The van der Waals surface area contributed by atoms with Gasteiger partial charge in [0.05, 0.1) is 43.8 Å². The molecule has 1 unspecified atom stereocenters. The molecule has 0 saturated carbocycles. The van der Waals surface area contributed by atoms with E-state index in [0.717, 1.165) is 23.3 Å². The summed E-state index contributed by atoms with van der Waals surface area (Å²) in [6.45, 7) is 5.14. The molecule has 4 rings (SSSR count). The van der Waals surface area contributed by atoms with E-state index in [2.05, 4.69) is 5.32 Å². The molecule has 1 aliphatic rings. The van der Waals surface area contributed by atoms with E-state index >= 15 is 0 Å². The van der Waals surface area contributed by atoms with Gasteiger partial charge in [-0.2, -0.15) is 4.31 Å². The van der Waals surface area contributed by atoms with Crippen LogP contribution in [0.3, 0.4) is 0 Å². The van der Waals surface area contributed by atoms with E-state index in [0.29, 0.717) is 25.4 Å². The summed E-state index contributed by atoms with van der Waals surface area (Å²) in [6, 6.07) is 22.3. The van der Waals surface area contributed by atoms with E-state index in [9.17, 15) is 18.3 Å². The molecule has 0 aromatic heterocycles. The zero-order valence-corrected chi connectivity index (χ0v) is 25.8. The van der Waals surface area contributed by atoms with E-state index in [1.807, 2.05) is 68.4 Å². The van der Waals surface area contributed by atoms with Crippen LogP contribution in [0.1, 0.15) is 31.4 Å². The minimum absolute atomic E-state index is 0.00975. The number of aliphatic hydroxyl groups is 1. The Balaban J connectivity index is 1.48. The van der Waals surface area contributed by atoms with Gasteiger partial charge in [-0.3, -0.25) is 4.79 Å². The fraction of sp³-hybridized carbons (Fsp3) is 0.424. The van der Waals surface area contributed by atoms with Crippen molar-refractivity contribution in [3.8, 4) is 11.5 Å². The van der Waals surface area contributed by atoms with Gasteiger partial charge in [-0.25, -0.2) is 8.42 Å². The second-order valence-corrected chi connectivity index (χ2v) is 13.2. The molecular formula is C33H42N2O7S. The van der Waals surface area contributed by atoms with Crippen LogP contribution in [0.5, 0.6) is 11.5 Å². The quantitative estimate of drug-likeness (QED) is 0.269. The first-order valence-electron chi connectivity index (χ1n) is 14.6. The van der Waals surface area contributed by atoms with Crippen molar-refractivity contribution in [2.75, 3.05) is 33.4 Å². The standard InChI is InChI=1S/C33H42N2O7S/c1-24(2)21-35(43(38,39)30-15-13-27(40-3)14-16-30)22-32(36)31(19-25-7-5-4-6-8-25)34-33(37)20-26-9-11-28(12-10-26)42-29-17-18-41-23-29/h4-16,24,29,31-32,36H,17-23H2,1-3H3,(H,34,37)/t29?,31-,32+/m0/s1. The van der Waals surface area contributed by atoms with Crippen molar-refractivity contribution in [2.45, 2.75) is 56.3 Å². The molecule has 1 heterocycles. The first-order valence-corrected chi connectivity index (χ1v) is 16.1. The molecule has 9 nitrogen and oxygen atoms in total. The van der Waals surface area contributed by atoms with Gasteiger partial charge >= 0.3 is 0 Å². The Kier molecular flexibility index (Phi) is 11.6. The van der Waals surface area contributed by atoms with Crippen molar-refractivity contribution >= 4 is 15.9 Å². The normalized spacial score (nSPS) is 16.7. The summed E-state index contributed by atoms with van der Waals surface area (Å²) in [5.41, 5.74) is 1.71. The number of methoxy groups -OCH3 is 1. The number of amides is 1. The molecule has 0 aliphatic carbocycles. The summed E-state index contributed by atoms with van der Waals surface area (Å²) in [5.74, 6) is 1.01. The summed E-state index contributed by atoms with van der Waals surface area (Å²) >= 11 is 0. The fourth-order valence-corrected chi connectivity index (χ4v) is 6.61. The second kappa shape index (κ2) is 15.3. The molecule has 1 amide bonds. The highest BCUT2D eigenvalue weighted by Gasteiger charge is 2.31. The molecular weight excluding hydrogens is 568 g/mol. The molecule has 3 atom stereocenters. The average Bonchev–Trinajstić information content (AvgIpc) is 3.51. The number of hydrogen-bond acceptors (Lipinski definition) is 7. The van der Waals surface area contributed by atoms with Crippen molar-refractivity contribution in [1.29, 1.82) is 0 Å². The van der Waals surface area contributed by atoms with E-state index in [1.54, 1.807) is 12.1 Å². The number of aliphatic hydroxyl groups excluding tert-OH is 1. The van der Waals surface area contributed by atoms with Crippen LogP contribution in [-0.2, 0) is 32.4 Å². The van der Waals surface area contributed by atoms with Crippen LogP contribution in [0.15, 0.2) is 83.8 Å². The summed E-state index contributed by atoms with van der Waals surface area (Å²) < 4.78 is 45.0.